The molecule has 0 saturated carbocycles. The molecule has 1 aromatic carbocycles. The van der Waals surface area contributed by atoms with Crippen molar-refractivity contribution < 1.29 is 14.3 Å². The van der Waals surface area contributed by atoms with Crippen molar-refractivity contribution in [2.75, 3.05) is 4.90 Å². The molecule has 1 atom stereocenters. The van der Waals surface area contributed by atoms with Gasteiger partial charge in [-0.2, -0.15) is 0 Å². The van der Waals surface area contributed by atoms with Gasteiger partial charge in [0.25, 0.3) is 0 Å². The van der Waals surface area contributed by atoms with Crippen molar-refractivity contribution in [3.05, 3.63) is 29.8 Å². The monoisotopic (exact) mass is 247 g/mol. The van der Waals surface area contributed by atoms with Crippen LogP contribution >= 0.6 is 0 Å². The van der Waals surface area contributed by atoms with Gasteiger partial charge in [-0.25, -0.2) is 9.69 Å². The van der Waals surface area contributed by atoms with Crippen molar-refractivity contribution in [3.8, 4) is 0 Å². The molecule has 0 saturated heterocycles. The molecule has 0 radical (unpaired) electrons. The van der Waals surface area contributed by atoms with E-state index in [1.807, 2.05) is 18.2 Å². The molecule has 1 unspecified atom stereocenters. The molecule has 0 spiro atoms. The van der Waals surface area contributed by atoms with Crippen LogP contribution in [0.1, 0.15) is 39.2 Å². The molecule has 0 N–H and O–H groups in total. The molecule has 1 aliphatic rings. The molecule has 2 rings (SSSR count). The molecule has 18 heavy (non-hydrogen) atoms. The fraction of sp³-hybridized carbons (Fsp3) is 0.429. The molecule has 0 aromatic heterocycles. The van der Waals surface area contributed by atoms with E-state index in [1.165, 1.54) is 0 Å². The Bertz CT molecular complexity index is 502. The van der Waals surface area contributed by atoms with Crippen molar-refractivity contribution in [2.24, 2.45) is 0 Å². The molecule has 96 valence electrons. The van der Waals surface area contributed by atoms with Crippen LogP contribution < -0.4 is 4.90 Å². The lowest BCUT2D eigenvalue weighted by molar-refractivity contribution is -0.118. The fourth-order valence-electron chi connectivity index (χ4n) is 2.00. The molecule has 4 nitrogen and oxygen atoms in total. The summed E-state index contributed by atoms with van der Waals surface area (Å²) in [6.07, 6.45) is -0.607. The number of imide groups is 1. The van der Waals surface area contributed by atoms with Crippen LogP contribution in [0.4, 0.5) is 10.5 Å². The molecule has 1 heterocycles. The molecule has 0 bridgehead atoms. The van der Waals surface area contributed by atoms with Gasteiger partial charge in [-0.3, -0.25) is 4.79 Å². The van der Waals surface area contributed by atoms with E-state index in [-0.39, 0.29) is 11.8 Å². The first kappa shape index (κ1) is 12.6. The number of hydrogen-bond donors (Lipinski definition) is 0. The van der Waals surface area contributed by atoms with Crippen molar-refractivity contribution in [2.45, 2.75) is 39.2 Å². The molecule has 4 heteroatoms. The van der Waals surface area contributed by atoms with E-state index in [9.17, 15) is 9.59 Å². The van der Waals surface area contributed by atoms with Gasteiger partial charge in [-0.05, 0) is 39.3 Å². The van der Waals surface area contributed by atoms with Gasteiger partial charge in [0.2, 0.25) is 5.91 Å². The highest BCUT2D eigenvalue weighted by atomic mass is 16.6. The molecule has 1 aliphatic heterocycles. The number of fused-ring (bicyclic) bond motifs is 1. The second-order valence-corrected chi connectivity index (χ2v) is 5.43. The van der Waals surface area contributed by atoms with E-state index in [0.717, 1.165) is 10.5 Å². The summed E-state index contributed by atoms with van der Waals surface area (Å²) in [7, 11) is 0. The van der Waals surface area contributed by atoms with Crippen LogP contribution in [0.25, 0.3) is 0 Å². The number of amides is 2. The second kappa shape index (κ2) is 4.12. The molecular formula is C14H17NO3. The Hall–Kier alpha value is -1.84. The van der Waals surface area contributed by atoms with Gasteiger partial charge >= 0.3 is 6.09 Å². The highest BCUT2D eigenvalue weighted by molar-refractivity contribution is 6.19. The number of ether oxygens (including phenoxy) is 1. The quantitative estimate of drug-likeness (QED) is 0.707. The van der Waals surface area contributed by atoms with E-state index >= 15 is 0 Å². The predicted octanol–water partition coefficient (Wildman–Crippen LogP) is 3.07. The maximum atomic E-state index is 12.1. The summed E-state index contributed by atoms with van der Waals surface area (Å²) in [6.45, 7) is 7.13. The number of carbonyl (C=O) groups excluding carboxylic acids is 2. The maximum Gasteiger partial charge on any atom is 0.421 e. The largest absolute Gasteiger partial charge is 0.443 e. The van der Waals surface area contributed by atoms with Crippen LogP contribution in [0.3, 0.4) is 0 Å². The van der Waals surface area contributed by atoms with E-state index < -0.39 is 11.7 Å². The first-order chi connectivity index (χ1) is 8.31. The summed E-state index contributed by atoms with van der Waals surface area (Å²) in [4.78, 5) is 25.3. The normalized spacial score (nSPS) is 18.8. The first-order valence-electron chi connectivity index (χ1n) is 5.97. The van der Waals surface area contributed by atoms with E-state index in [1.54, 1.807) is 33.8 Å². The zero-order valence-electron chi connectivity index (χ0n) is 11.1. The number of benzene rings is 1. The van der Waals surface area contributed by atoms with Gasteiger partial charge in [0.05, 0.1) is 11.6 Å². The Labute approximate surface area is 107 Å². The van der Waals surface area contributed by atoms with Crippen LogP contribution in [0, 0.1) is 0 Å². The number of anilines is 1. The number of hydrogen-bond acceptors (Lipinski definition) is 3. The standard InChI is InChI=1S/C14H17NO3/c1-9-10-7-5-6-8-11(10)15(12(9)16)13(17)18-14(2,3)4/h5-9H,1-4H3. The summed E-state index contributed by atoms with van der Waals surface area (Å²) in [5.41, 5.74) is 0.885. The summed E-state index contributed by atoms with van der Waals surface area (Å²) >= 11 is 0. The SMILES string of the molecule is CC1C(=O)N(C(=O)OC(C)(C)C)c2ccccc21. The molecule has 1 aromatic rings. The highest BCUT2D eigenvalue weighted by Crippen LogP contribution is 2.37. The van der Waals surface area contributed by atoms with Crippen molar-refractivity contribution in [1.29, 1.82) is 0 Å². The zero-order chi connectivity index (χ0) is 13.5. The number of carbonyl (C=O) groups is 2. The van der Waals surface area contributed by atoms with Crippen LogP contribution in [0.15, 0.2) is 24.3 Å². The lowest BCUT2D eigenvalue weighted by Crippen LogP contribution is -2.39. The molecule has 2 amide bonds. The minimum Gasteiger partial charge on any atom is -0.443 e. The molecule has 0 fully saturated rings. The Morgan fingerprint density at radius 1 is 1.28 bits per heavy atom. The molecular weight excluding hydrogens is 230 g/mol. The van der Waals surface area contributed by atoms with Gasteiger partial charge in [0.15, 0.2) is 0 Å². The Morgan fingerprint density at radius 2 is 1.89 bits per heavy atom. The van der Waals surface area contributed by atoms with E-state index in [2.05, 4.69) is 0 Å². The van der Waals surface area contributed by atoms with E-state index in [4.69, 9.17) is 4.74 Å². The van der Waals surface area contributed by atoms with Gasteiger partial charge in [-0.1, -0.05) is 18.2 Å². The molecule has 0 aliphatic carbocycles. The lowest BCUT2D eigenvalue weighted by atomic mass is 10.0. The predicted molar refractivity (Wildman–Crippen MR) is 68.6 cm³/mol. The average Bonchev–Trinajstić information content (AvgIpc) is 2.50. The van der Waals surface area contributed by atoms with Crippen molar-refractivity contribution >= 4 is 17.7 Å². The van der Waals surface area contributed by atoms with Crippen molar-refractivity contribution in [3.63, 3.8) is 0 Å². The third kappa shape index (κ3) is 2.10. The maximum absolute atomic E-state index is 12.1. The van der Waals surface area contributed by atoms with Gasteiger partial charge in [0, 0.05) is 0 Å². The number of rotatable bonds is 0. The van der Waals surface area contributed by atoms with Crippen molar-refractivity contribution in [1.82, 2.24) is 0 Å². The number of para-hydroxylation sites is 1. The minimum absolute atomic E-state index is 0.231. The lowest BCUT2D eigenvalue weighted by Gasteiger charge is -2.23. The smallest absolute Gasteiger partial charge is 0.421 e. The zero-order valence-corrected chi connectivity index (χ0v) is 11.1. The third-order valence-electron chi connectivity index (χ3n) is 2.81. The van der Waals surface area contributed by atoms with Crippen LogP contribution in [0.5, 0.6) is 0 Å². The Balaban J connectivity index is 2.35. The van der Waals surface area contributed by atoms with Crippen LogP contribution in [-0.2, 0) is 9.53 Å². The summed E-state index contributed by atoms with van der Waals surface area (Å²) in [5, 5.41) is 0. The average molecular weight is 247 g/mol. The first-order valence-corrected chi connectivity index (χ1v) is 5.97. The van der Waals surface area contributed by atoms with Gasteiger partial charge in [-0.15, -0.1) is 0 Å². The van der Waals surface area contributed by atoms with Crippen LogP contribution in [0.2, 0.25) is 0 Å². The summed E-state index contributed by atoms with van der Waals surface area (Å²) in [5.74, 6) is -0.529. The highest BCUT2D eigenvalue weighted by Gasteiger charge is 2.39. The summed E-state index contributed by atoms with van der Waals surface area (Å²) in [6, 6.07) is 7.30. The van der Waals surface area contributed by atoms with E-state index in [0.29, 0.717) is 5.69 Å². The topological polar surface area (TPSA) is 46.6 Å². The Kier molecular flexibility index (Phi) is 2.89. The minimum atomic E-state index is -0.613. The van der Waals surface area contributed by atoms with Crippen LogP contribution in [-0.4, -0.2) is 17.6 Å². The number of nitrogens with zero attached hydrogens (tertiary/aromatic N) is 1. The Morgan fingerprint density at radius 3 is 2.50 bits per heavy atom. The third-order valence-corrected chi connectivity index (χ3v) is 2.81. The second-order valence-electron chi connectivity index (χ2n) is 5.43. The fourth-order valence-corrected chi connectivity index (χ4v) is 2.00. The summed E-state index contributed by atoms with van der Waals surface area (Å²) < 4.78 is 5.26. The van der Waals surface area contributed by atoms with Gasteiger partial charge in [0.1, 0.15) is 5.60 Å². The van der Waals surface area contributed by atoms with Gasteiger partial charge < -0.3 is 4.74 Å².